The van der Waals surface area contributed by atoms with Crippen LogP contribution in [0.15, 0.2) is 28.7 Å². The Morgan fingerprint density at radius 3 is 2.50 bits per heavy atom. The highest BCUT2D eigenvalue weighted by Crippen LogP contribution is 2.39. The first-order chi connectivity index (χ1) is 8.60. The Hall–Kier alpha value is -0.870. The van der Waals surface area contributed by atoms with Gasteiger partial charge in [-0.15, -0.1) is 0 Å². The quantitative estimate of drug-likeness (QED) is 0.933. The Morgan fingerprint density at radius 1 is 1.39 bits per heavy atom. The molecule has 0 amide bonds. The minimum absolute atomic E-state index is 0.679. The molecule has 0 unspecified atom stereocenters. The summed E-state index contributed by atoms with van der Waals surface area (Å²) in [6.45, 7) is 4.81. The summed E-state index contributed by atoms with van der Waals surface area (Å²) in [7, 11) is 0. The first-order valence-electron chi connectivity index (χ1n) is 6.31. The van der Waals surface area contributed by atoms with Gasteiger partial charge in [-0.1, -0.05) is 41.1 Å². The van der Waals surface area contributed by atoms with E-state index >= 15 is 0 Å². The molecule has 1 aromatic carbocycles. The van der Waals surface area contributed by atoms with Crippen molar-refractivity contribution in [2.24, 2.45) is 0 Å². The third-order valence-corrected chi connectivity index (χ3v) is 4.65. The van der Waals surface area contributed by atoms with Crippen LogP contribution in [0.1, 0.15) is 25.3 Å². The fourth-order valence-corrected chi connectivity index (χ4v) is 3.36. The van der Waals surface area contributed by atoms with E-state index < -0.39 is 11.4 Å². The van der Waals surface area contributed by atoms with Crippen LogP contribution in [0.4, 0.5) is 0 Å². The minimum atomic E-state index is -0.730. The highest BCUT2D eigenvalue weighted by atomic mass is 79.9. The molecule has 1 heterocycles. The lowest BCUT2D eigenvalue weighted by Crippen LogP contribution is -2.47. The van der Waals surface area contributed by atoms with Crippen LogP contribution in [0, 0.1) is 0 Å². The van der Waals surface area contributed by atoms with E-state index in [1.54, 1.807) is 0 Å². The topological polar surface area (TPSA) is 40.5 Å². The van der Waals surface area contributed by atoms with Gasteiger partial charge in [0, 0.05) is 4.47 Å². The van der Waals surface area contributed by atoms with Crippen LogP contribution in [0.2, 0.25) is 0 Å². The number of piperidine rings is 1. The van der Waals surface area contributed by atoms with Crippen molar-refractivity contribution in [2.45, 2.75) is 25.2 Å². The molecule has 0 aliphatic carbocycles. The Balaban J connectivity index is 2.35. The summed E-state index contributed by atoms with van der Waals surface area (Å²) in [5, 5.41) is 9.69. The van der Waals surface area contributed by atoms with E-state index in [-0.39, 0.29) is 0 Å². The van der Waals surface area contributed by atoms with E-state index in [0.29, 0.717) is 12.8 Å². The first-order valence-corrected chi connectivity index (χ1v) is 7.10. The standard InChI is InChI=1S/C14H18BrNO2/c1-2-16-9-7-14(8-10-16,13(17)18)11-5-3-4-6-12(11)15/h3-6H,2,7-10H2,1H3,(H,17,18). The van der Waals surface area contributed by atoms with Gasteiger partial charge in [-0.2, -0.15) is 0 Å². The number of carboxylic acids is 1. The molecule has 0 atom stereocenters. The van der Waals surface area contributed by atoms with Crippen molar-refractivity contribution in [3.05, 3.63) is 34.3 Å². The third-order valence-electron chi connectivity index (χ3n) is 3.96. The lowest BCUT2D eigenvalue weighted by Gasteiger charge is -2.39. The zero-order valence-corrected chi connectivity index (χ0v) is 12.1. The predicted molar refractivity (Wildman–Crippen MR) is 74.8 cm³/mol. The number of benzene rings is 1. The van der Waals surface area contributed by atoms with Crippen LogP contribution in [0.3, 0.4) is 0 Å². The van der Waals surface area contributed by atoms with Gasteiger partial charge < -0.3 is 10.0 Å². The third kappa shape index (κ3) is 2.31. The Morgan fingerprint density at radius 2 is 2.00 bits per heavy atom. The van der Waals surface area contributed by atoms with Crippen molar-refractivity contribution < 1.29 is 9.90 Å². The number of carboxylic acid groups (broad SMARTS) is 1. The van der Waals surface area contributed by atoms with E-state index in [1.165, 1.54) is 0 Å². The normalized spacial score (nSPS) is 19.7. The lowest BCUT2D eigenvalue weighted by atomic mass is 9.73. The van der Waals surface area contributed by atoms with Crippen LogP contribution >= 0.6 is 15.9 Å². The number of hydrogen-bond donors (Lipinski definition) is 1. The molecule has 2 rings (SSSR count). The van der Waals surface area contributed by atoms with Crippen LogP contribution in [-0.4, -0.2) is 35.6 Å². The Bertz CT molecular complexity index is 439. The van der Waals surface area contributed by atoms with Gasteiger partial charge in [0.2, 0.25) is 0 Å². The molecule has 18 heavy (non-hydrogen) atoms. The zero-order valence-electron chi connectivity index (χ0n) is 10.5. The number of nitrogens with zero attached hydrogens (tertiary/aromatic N) is 1. The summed E-state index contributed by atoms with van der Waals surface area (Å²) in [6.07, 6.45) is 1.36. The average molecular weight is 312 g/mol. The Kier molecular flexibility index (Phi) is 4.07. The first kappa shape index (κ1) is 13.6. The van der Waals surface area contributed by atoms with Gasteiger partial charge in [0.1, 0.15) is 0 Å². The van der Waals surface area contributed by atoms with E-state index in [2.05, 4.69) is 27.8 Å². The van der Waals surface area contributed by atoms with Crippen molar-refractivity contribution in [3.63, 3.8) is 0 Å². The Labute approximate surface area is 116 Å². The second kappa shape index (κ2) is 5.41. The van der Waals surface area contributed by atoms with Crippen LogP contribution in [0.25, 0.3) is 0 Å². The molecule has 1 saturated heterocycles. The molecule has 1 N–H and O–H groups in total. The maximum atomic E-state index is 11.8. The van der Waals surface area contributed by atoms with Gasteiger partial charge >= 0.3 is 5.97 Å². The maximum Gasteiger partial charge on any atom is 0.314 e. The van der Waals surface area contributed by atoms with Gasteiger partial charge in [0.15, 0.2) is 0 Å². The van der Waals surface area contributed by atoms with Gasteiger partial charge in [0.25, 0.3) is 0 Å². The molecule has 0 spiro atoms. The molecular formula is C14H18BrNO2. The summed E-state index contributed by atoms with van der Waals surface area (Å²) >= 11 is 3.49. The smallest absolute Gasteiger partial charge is 0.314 e. The van der Waals surface area contributed by atoms with Crippen molar-refractivity contribution in [1.29, 1.82) is 0 Å². The average Bonchev–Trinajstić information content (AvgIpc) is 2.39. The van der Waals surface area contributed by atoms with E-state index in [4.69, 9.17) is 0 Å². The van der Waals surface area contributed by atoms with Crippen molar-refractivity contribution >= 4 is 21.9 Å². The molecule has 1 aliphatic rings. The molecule has 1 fully saturated rings. The van der Waals surface area contributed by atoms with Crippen molar-refractivity contribution in [2.75, 3.05) is 19.6 Å². The molecule has 0 saturated carbocycles. The van der Waals surface area contributed by atoms with Crippen LogP contribution in [-0.2, 0) is 10.2 Å². The molecule has 0 aromatic heterocycles. The fourth-order valence-electron chi connectivity index (χ4n) is 2.70. The second-order valence-electron chi connectivity index (χ2n) is 4.80. The summed E-state index contributed by atoms with van der Waals surface area (Å²) < 4.78 is 0.900. The molecule has 4 heteroatoms. The van der Waals surface area contributed by atoms with E-state index in [1.807, 2.05) is 24.3 Å². The number of halogens is 1. The van der Waals surface area contributed by atoms with E-state index in [9.17, 15) is 9.90 Å². The number of rotatable bonds is 3. The molecule has 1 aromatic rings. The highest BCUT2D eigenvalue weighted by molar-refractivity contribution is 9.10. The van der Waals surface area contributed by atoms with Gasteiger partial charge in [0.05, 0.1) is 5.41 Å². The van der Waals surface area contributed by atoms with Gasteiger partial charge in [-0.3, -0.25) is 4.79 Å². The van der Waals surface area contributed by atoms with Crippen LogP contribution < -0.4 is 0 Å². The molecule has 3 nitrogen and oxygen atoms in total. The largest absolute Gasteiger partial charge is 0.481 e. The molecule has 0 radical (unpaired) electrons. The number of likely N-dealkylation sites (tertiary alicyclic amines) is 1. The summed E-state index contributed by atoms with van der Waals surface area (Å²) in [5.41, 5.74) is 0.180. The number of carbonyl (C=O) groups is 1. The van der Waals surface area contributed by atoms with Crippen LogP contribution in [0.5, 0.6) is 0 Å². The zero-order chi connectivity index (χ0) is 13.2. The van der Waals surface area contributed by atoms with Crippen molar-refractivity contribution in [3.8, 4) is 0 Å². The summed E-state index contributed by atoms with van der Waals surface area (Å²) in [4.78, 5) is 14.1. The summed E-state index contributed by atoms with van der Waals surface area (Å²) in [6, 6.07) is 7.69. The number of hydrogen-bond acceptors (Lipinski definition) is 2. The molecular weight excluding hydrogens is 294 g/mol. The number of aliphatic carboxylic acids is 1. The van der Waals surface area contributed by atoms with Gasteiger partial charge in [-0.05, 0) is 44.1 Å². The van der Waals surface area contributed by atoms with E-state index in [0.717, 1.165) is 29.7 Å². The van der Waals surface area contributed by atoms with Crippen molar-refractivity contribution in [1.82, 2.24) is 4.90 Å². The molecule has 98 valence electrons. The maximum absolute atomic E-state index is 11.8. The SMILES string of the molecule is CCN1CCC(C(=O)O)(c2ccccc2Br)CC1. The summed E-state index contributed by atoms with van der Waals surface area (Å²) in [5.74, 6) is -0.704. The molecule has 1 aliphatic heterocycles. The second-order valence-corrected chi connectivity index (χ2v) is 5.66. The molecule has 0 bridgehead atoms. The minimum Gasteiger partial charge on any atom is -0.481 e. The fraction of sp³-hybridized carbons (Fsp3) is 0.500. The highest BCUT2D eigenvalue weighted by Gasteiger charge is 2.43. The lowest BCUT2D eigenvalue weighted by molar-refractivity contribution is -0.146. The van der Waals surface area contributed by atoms with Gasteiger partial charge in [-0.25, -0.2) is 0 Å². The monoisotopic (exact) mass is 311 g/mol. The predicted octanol–water partition coefficient (Wildman–Crippen LogP) is 2.89.